The first-order valence-corrected chi connectivity index (χ1v) is 11.2. The lowest BCUT2D eigenvalue weighted by atomic mass is 9.92. The fraction of sp³-hybridized carbons (Fsp3) is 0.138. The third-order valence-electron chi connectivity index (χ3n) is 6.25. The van der Waals surface area contributed by atoms with Crippen molar-refractivity contribution in [1.29, 1.82) is 0 Å². The largest absolute Gasteiger partial charge is 0.497 e. The molecule has 0 saturated carbocycles. The van der Waals surface area contributed by atoms with E-state index in [4.69, 9.17) is 9.47 Å². The van der Waals surface area contributed by atoms with Crippen molar-refractivity contribution in [2.75, 3.05) is 24.0 Å². The maximum Gasteiger partial charge on any atom is 0.330 e. The lowest BCUT2D eigenvalue weighted by Crippen LogP contribution is -2.32. The van der Waals surface area contributed by atoms with E-state index in [1.807, 2.05) is 94.7 Å². The van der Waals surface area contributed by atoms with Crippen molar-refractivity contribution in [1.82, 2.24) is 0 Å². The number of carbonyl (C=O) groups excluding carboxylic acids is 1. The van der Waals surface area contributed by atoms with Gasteiger partial charge in [-0.1, -0.05) is 60.7 Å². The SMILES string of the molecule is COc1ccc(N2C(=O)N(c3ccc(OC)cc3)[C@H](c3ccccc3)[C@H]2c2ccccc2)cc1. The Bertz CT molecular complexity index is 1140. The zero-order valence-electron chi connectivity index (χ0n) is 19.2. The maximum absolute atomic E-state index is 14.2. The monoisotopic (exact) mass is 450 g/mol. The van der Waals surface area contributed by atoms with Gasteiger partial charge in [0.25, 0.3) is 0 Å². The molecule has 34 heavy (non-hydrogen) atoms. The average Bonchev–Trinajstić information content (AvgIpc) is 3.22. The fourth-order valence-electron chi connectivity index (χ4n) is 4.63. The highest BCUT2D eigenvalue weighted by Crippen LogP contribution is 2.49. The van der Waals surface area contributed by atoms with Gasteiger partial charge in [0.05, 0.1) is 26.3 Å². The third kappa shape index (κ3) is 3.86. The van der Waals surface area contributed by atoms with E-state index in [1.54, 1.807) is 14.2 Å². The van der Waals surface area contributed by atoms with Crippen LogP contribution in [0.1, 0.15) is 23.2 Å². The van der Waals surface area contributed by atoms with Crippen molar-refractivity contribution in [2.45, 2.75) is 12.1 Å². The smallest absolute Gasteiger partial charge is 0.330 e. The molecule has 0 bridgehead atoms. The van der Waals surface area contributed by atoms with Crippen molar-refractivity contribution >= 4 is 17.4 Å². The molecule has 170 valence electrons. The van der Waals surface area contributed by atoms with Crippen LogP contribution in [-0.2, 0) is 0 Å². The second kappa shape index (κ2) is 9.32. The summed E-state index contributed by atoms with van der Waals surface area (Å²) in [5, 5.41) is 0. The topological polar surface area (TPSA) is 42.0 Å². The Hall–Kier alpha value is -4.25. The Morgan fingerprint density at radius 3 is 1.21 bits per heavy atom. The molecule has 4 aromatic carbocycles. The lowest BCUT2D eigenvalue weighted by Gasteiger charge is -2.29. The van der Waals surface area contributed by atoms with Crippen LogP contribution in [0.25, 0.3) is 0 Å². The van der Waals surface area contributed by atoms with Crippen LogP contribution in [0.15, 0.2) is 109 Å². The zero-order valence-corrected chi connectivity index (χ0v) is 19.2. The van der Waals surface area contributed by atoms with Gasteiger partial charge in [-0.3, -0.25) is 9.80 Å². The highest BCUT2D eigenvalue weighted by Gasteiger charge is 2.48. The predicted octanol–water partition coefficient (Wildman–Crippen LogP) is 6.63. The molecular formula is C29H26N2O3. The van der Waals surface area contributed by atoms with Gasteiger partial charge in [0.1, 0.15) is 11.5 Å². The molecule has 0 aromatic heterocycles. The lowest BCUT2D eigenvalue weighted by molar-refractivity contribution is 0.255. The Kier molecular flexibility index (Phi) is 5.91. The van der Waals surface area contributed by atoms with Crippen LogP contribution in [0.3, 0.4) is 0 Å². The number of anilines is 2. The van der Waals surface area contributed by atoms with Crippen LogP contribution in [-0.4, -0.2) is 20.3 Å². The zero-order chi connectivity index (χ0) is 23.5. The average molecular weight is 451 g/mol. The van der Waals surface area contributed by atoms with Crippen LogP contribution in [0.4, 0.5) is 16.2 Å². The second-order valence-electron chi connectivity index (χ2n) is 8.13. The number of rotatable bonds is 6. The number of amides is 2. The number of hydrogen-bond donors (Lipinski definition) is 0. The van der Waals surface area contributed by atoms with Gasteiger partial charge in [0.2, 0.25) is 0 Å². The molecule has 5 rings (SSSR count). The molecule has 0 radical (unpaired) electrons. The summed E-state index contributed by atoms with van der Waals surface area (Å²) in [5.41, 5.74) is 3.77. The Labute approximate surface area is 199 Å². The van der Waals surface area contributed by atoms with Gasteiger partial charge >= 0.3 is 6.03 Å². The molecule has 1 aliphatic heterocycles. The van der Waals surface area contributed by atoms with Crippen molar-refractivity contribution in [3.63, 3.8) is 0 Å². The van der Waals surface area contributed by atoms with Crippen LogP contribution < -0.4 is 19.3 Å². The van der Waals surface area contributed by atoms with E-state index in [0.29, 0.717) is 0 Å². The van der Waals surface area contributed by atoms with E-state index in [2.05, 4.69) is 24.3 Å². The van der Waals surface area contributed by atoms with Crippen LogP contribution in [0, 0.1) is 0 Å². The van der Waals surface area contributed by atoms with E-state index in [9.17, 15) is 4.79 Å². The standard InChI is InChI=1S/C29H26N2O3/c1-33-25-17-13-23(14-18-25)30-27(21-9-5-3-6-10-21)28(22-11-7-4-8-12-22)31(29(30)32)24-15-19-26(34-2)20-16-24/h3-20,27-28H,1-2H3/t27-,28-/m1/s1. The molecule has 1 saturated heterocycles. The minimum Gasteiger partial charge on any atom is -0.497 e. The molecule has 0 aliphatic carbocycles. The summed E-state index contributed by atoms with van der Waals surface area (Å²) < 4.78 is 10.7. The predicted molar refractivity (Wildman–Crippen MR) is 135 cm³/mol. The molecule has 0 spiro atoms. The van der Waals surface area contributed by atoms with Gasteiger partial charge in [-0.25, -0.2) is 4.79 Å². The van der Waals surface area contributed by atoms with Crippen molar-refractivity contribution in [2.24, 2.45) is 0 Å². The van der Waals surface area contributed by atoms with Crippen LogP contribution in [0.2, 0.25) is 0 Å². The first kappa shape index (κ1) is 21.6. The molecule has 5 nitrogen and oxygen atoms in total. The Morgan fingerprint density at radius 2 is 0.882 bits per heavy atom. The Balaban J connectivity index is 1.70. The van der Waals surface area contributed by atoms with Crippen LogP contribution in [0.5, 0.6) is 11.5 Å². The number of hydrogen-bond acceptors (Lipinski definition) is 3. The molecule has 2 amide bonds. The summed E-state index contributed by atoms with van der Waals surface area (Å²) >= 11 is 0. The Morgan fingerprint density at radius 1 is 0.529 bits per heavy atom. The number of benzene rings is 4. The normalized spacial score (nSPS) is 17.6. The van der Waals surface area contributed by atoms with E-state index < -0.39 is 0 Å². The van der Waals surface area contributed by atoms with E-state index >= 15 is 0 Å². The summed E-state index contributed by atoms with van der Waals surface area (Å²) in [7, 11) is 3.28. The molecule has 1 heterocycles. The number of ether oxygens (including phenoxy) is 2. The van der Waals surface area contributed by atoms with Gasteiger partial charge in [-0.2, -0.15) is 0 Å². The summed E-state index contributed by atoms with van der Waals surface area (Å²) in [6.07, 6.45) is 0. The van der Waals surface area contributed by atoms with Gasteiger partial charge in [0.15, 0.2) is 0 Å². The van der Waals surface area contributed by atoms with Gasteiger partial charge < -0.3 is 9.47 Å². The minimum absolute atomic E-state index is 0.0851. The quantitative estimate of drug-likeness (QED) is 0.331. The molecule has 1 aliphatic rings. The molecule has 0 N–H and O–H groups in total. The summed E-state index contributed by atoms with van der Waals surface area (Å²) in [4.78, 5) is 17.9. The number of methoxy groups -OCH3 is 2. The van der Waals surface area contributed by atoms with E-state index in [-0.39, 0.29) is 18.1 Å². The number of nitrogens with zero attached hydrogens (tertiary/aromatic N) is 2. The van der Waals surface area contributed by atoms with Crippen LogP contribution >= 0.6 is 0 Å². The third-order valence-corrected chi connectivity index (χ3v) is 6.25. The molecule has 0 unspecified atom stereocenters. The van der Waals surface area contributed by atoms with Gasteiger partial charge in [-0.15, -0.1) is 0 Å². The molecular weight excluding hydrogens is 424 g/mol. The molecule has 5 heteroatoms. The van der Waals surface area contributed by atoms with E-state index in [0.717, 1.165) is 34.0 Å². The summed E-state index contributed by atoms with van der Waals surface area (Å²) in [6.45, 7) is 0. The van der Waals surface area contributed by atoms with Gasteiger partial charge in [-0.05, 0) is 59.7 Å². The van der Waals surface area contributed by atoms with Crippen molar-refractivity contribution < 1.29 is 14.3 Å². The van der Waals surface area contributed by atoms with Gasteiger partial charge in [0, 0.05) is 11.4 Å². The molecule has 4 aromatic rings. The maximum atomic E-state index is 14.2. The molecule has 1 fully saturated rings. The first-order valence-electron chi connectivity index (χ1n) is 11.2. The summed E-state index contributed by atoms with van der Waals surface area (Å²) in [5.74, 6) is 1.50. The first-order chi connectivity index (χ1) is 16.7. The molecule has 2 atom stereocenters. The van der Waals surface area contributed by atoms with Crippen molar-refractivity contribution in [3.05, 3.63) is 120 Å². The summed E-state index contributed by atoms with van der Waals surface area (Å²) in [6, 6.07) is 35.2. The number of urea groups is 1. The second-order valence-corrected chi connectivity index (χ2v) is 8.13. The minimum atomic E-state index is -0.230. The van der Waals surface area contributed by atoms with E-state index in [1.165, 1.54) is 0 Å². The highest BCUT2D eigenvalue weighted by molar-refractivity contribution is 6.08. The fourth-order valence-corrected chi connectivity index (χ4v) is 4.63. The van der Waals surface area contributed by atoms with Crippen molar-refractivity contribution in [3.8, 4) is 11.5 Å². The highest BCUT2D eigenvalue weighted by atomic mass is 16.5. The number of carbonyl (C=O) groups is 1.